The van der Waals surface area contributed by atoms with E-state index in [1.54, 1.807) is 6.26 Å². The Hall–Kier alpha value is -1.31. The van der Waals surface area contributed by atoms with E-state index < -0.39 is 0 Å². The largest absolute Gasteiger partial charge is 0.447 e. The van der Waals surface area contributed by atoms with Crippen molar-refractivity contribution in [3.8, 4) is 5.88 Å². The second-order valence-corrected chi connectivity index (χ2v) is 3.05. The van der Waals surface area contributed by atoms with E-state index in [1.165, 1.54) is 11.1 Å². The minimum absolute atomic E-state index is 0.764. The topological polar surface area (TPSA) is 22.1 Å². The summed E-state index contributed by atoms with van der Waals surface area (Å²) >= 11 is 0. The van der Waals surface area contributed by atoms with E-state index in [2.05, 4.69) is 18.0 Å². The molecular formula is C10H11NO. The molecule has 0 atom stereocenters. The van der Waals surface area contributed by atoms with Gasteiger partial charge in [-0.25, -0.2) is 4.98 Å². The van der Waals surface area contributed by atoms with E-state index in [-0.39, 0.29) is 0 Å². The minimum atomic E-state index is 0.764. The third-order valence-corrected chi connectivity index (χ3v) is 2.12. The van der Waals surface area contributed by atoms with Gasteiger partial charge in [0.05, 0.1) is 6.26 Å². The Kier molecular flexibility index (Phi) is 1.61. The lowest BCUT2D eigenvalue weighted by molar-refractivity contribution is 0.443. The third kappa shape index (κ3) is 1.09. The molecular weight excluding hydrogens is 150 g/mol. The van der Waals surface area contributed by atoms with Crippen molar-refractivity contribution >= 4 is 0 Å². The maximum absolute atomic E-state index is 5.27. The zero-order chi connectivity index (χ0) is 8.55. The van der Waals surface area contributed by atoms with Gasteiger partial charge in [0.25, 0.3) is 0 Å². The predicted octanol–water partition coefficient (Wildman–Crippen LogP) is 2.15. The van der Waals surface area contributed by atoms with Crippen LogP contribution < -0.4 is 4.74 Å². The van der Waals surface area contributed by atoms with Gasteiger partial charge in [0.2, 0.25) is 5.88 Å². The van der Waals surface area contributed by atoms with Gasteiger partial charge in [-0.05, 0) is 38.0 Å². The van der Waals surface area contributed by atoms with Gasteiger partial charge in [-0.3, -0.25) is 0 Å². The van der Waals surface area contributed by atoms with Crippen LogP contribution in [0.3, 0.4) is 0 Å². The summed E-state index contributed by atoms with van der Waals surface area (Å²) in [6.07, 6.45) is 4.63. The van der Waals surface area contributed by atoms with Crippen LogP contribution in [0.15, 0.2) is 18.4 Å². The molecule has 0 aliphatic carbocycles. The van der Waals surface area contributed by atoms with Gasteiger partial charge in [0.15, 0.2) is 0 Å². The molecule has 0 saturated heterocycles. The first kappa shape index (κ1) is 7.35. The Morgan fingerprint density at radius 2 is 2.25 bits per heavy atom. The average Bonchev–Trinajstić information content (AvgIpc) is 2.07. The molecule has 1 aliphatic rings. The average molecular weight is 161 g/mol. The molecule has 1 aliphatic heterocycles. The zero-order valence-electron chi connectivity index (χ0n) is 7.29. The third-order valence-electron chi connectivity index (χ3n) is 2.12. The molecule has 2 heterocycles. The molecule has 0 N–H and O–H groups in total. The molecule has 0 bridgehead atoms. The van der Waals surface area contributed by atoms with Crippen molar-refractivity contribution < 1.29 is 4.74 Å². The highest BCUT2D eigenvalue weighted by Gasteiger charge is 2.09. The fourth-order valence-corrected chi connectivity index (χ4v) is 1.28. The number of pyridine rings is 1. The highest BCUT2D eigenvalue weighted by Crippen LogP contribution is 2.22. The van der Waals surface area contributed by atoms with E-state index in [0.29, 0.717) is 0 Å². The van der Waals surface area contributed by atoms with Gasteiger partial charge in [0.1, 0.15) is 0 Å². The summed E-state index contributed by atoms with van der Waals surface area (Å²) < 4.78 is 5.27. The Morgan fingerprint density at radius 3 is 3.08 bits per heavy atom. The van der Waals surface area contributed by atoms with Crippen LogP contribution in [0.2, 0.25) is 0 Å². The summed E-state index contributed by atoms with van der Waals surface area (Å²) in [6, 6.07) is 2.14. The van der Waals surface area contributed by atoms with Crippen LogP contribution in [0, 0.1) is 13.8 Å². The Morgan fingerprint density at radius 1 is 1.42 bits per heavy atom. The number of hydrogen-bond donors (Lipinski definition) is 0. The summed E-state index contributed by atoms with van der Waals surface area (Å²) in [4.78, 5) is 4.34. The molecule has 2 heteroatoms. The van der Waals surface area contributed by atoms with Crippen LogP contribution in [0.1, 0.15) is 16.8 Å². The lowest BCUT2D eigenvalue weighted by Gasteiger charge is -2.12. The van der Waals surface area contributed by atoms with Crippen LogP contribution in [-0.2, 0) is 6.42 Å². The fraction of sp³-hybridized carbons (Fsp3) is 0.300. The normalized spacial score (nSPS) is 13.8. The molecule has 12 heavy (non-hydrogen) atoms. The van der Waals surface area contributed by atoms with Gasteiger partial charge in [-0.1, -0.05) is 0 Å². The van der Waals surface area contributed by atoms with E-state index in [1.807, 2.05) is 13.0 Å². The van der Waals surface area contributed by atoms with E-state index >= 15 is 0 Å². The van der Waals surface area contributed by atoms with Gasteiger partial charge in [0, 0.05) is 11.3 Å². The van der Waals surface area contributed by atoms with Crippen molar-refractivity contribution in [1.82, 2.24) is 4.98 Å². The number of aromatic nitrogens is 1. The summed E-state index contributed by atoms with van der Waals surface area (Å²) in [5, 5.41) is 0. The fourth-order valence-electron chi connectivity index (χ4n) is 1.28. The number of ether oxygens (including phenoxy) is 1. The summed E-state index contributed by atoms with van der Waals surface area (Å²) in [5.41, 5.74) is 3.46. The molecule has 0 aromatic carbocycles. The predicted molar refractivity (Wildman–Crippen MR) is 47.2 cm³/mol. The van der Waals surface area contributed by atoms with Gasteiger partial charge in [-0.2, -0.15) is 0 Å². The summed E-state index contributed by atoms with van der Waals surface area (Å²) in [5.74, 6) is 0.764. The summed E-state index contributed by atoms with van der Waals surface area (Å²) in [6.45, 7) is 4.07. The minimum Gasteiger partial charge on any atom is -0.447 e. The van der Waals surface area contributed by atoms with Crippen LogP contribution in [0.4, 0.5) is 0 Å². The molecule has 62 valence electrons. The molecule has 0 radical (unpaired) electrons. The number of rotatable bonds is 0. The van der Waals surface area contributed by atoms with Crippen LogP contribution in [0.25, 0.3) is 0 Å². The molecule has 2 nitrogen and oxygen atoms in total. The molecule has 0 fully saturated rings. The van der Waals surface area contributed by atoms with Crippen LogP contribution in [-0.4, -0.2) is 4.98 Å². The monoisotopic (exact) mass is 161 g/mol. The van der Waals surface area contributed by atoms with Crippen molar-refractivity contribution in [2.24, 2.45) is 0 Å². The highest BCUT2D eigenvalue weighted by atomic mass is 16.5. The Balaban J connectivity index is 2.53. The van der Waals surface area contributed by atoms with Crippen molar-refractivity contribution in [2.75, 3.05) is 0 Å². The quantitative estimate of drug-likeness (QED) is 0.581. The Bertz CT molecular complexity index is 309. The first-order valence-corrected chi connectivity index (χ1v) is 4.06. The molecule has 0 spiro atoms. The molecule has 0 unspecified atom stereocenters. The van der Waals surface area contributed by atoms with Crippen molar-refractivity contribution in [3.63, 3.8) is 0 Å². The number of hydrogen-bond acceptors (Lipinski definition) is 2. The van der Waals surface area contributed by atoms with Gasteiger partial charge < -0.3 is 4.74 Å². The number of aryl methyl sites for hydroxylation is 2. The van der Waals surface area contributed by atoms with Crippen LogP contribution in [0.5, 0.6) is 5.88 Å². The van der Waals surface area contributed by atoms with Crippen molar-refractivity contribution in [2.45, 2.75) is 20.3 Å². The number of nitrogens with zero attached hydrogens (tertiary/aromatic N) is 1. The van der Waals surface area contributed by atoms with Crippen molar-refractivity contribution in [3.05, 3.63) is 35.2 Å². The molecule has 0 amide bonds. The van der Waals surface area contributed by atoms with E-state index in [4.69, 9.17) is 4.74 Å². The molecule has 0 saturated carbocycles. The van der Waals surface area contributed by atoms with Gasteiger partial charge >= 0.3 is 0 Å². The number of allylic oxidation sites excluding steroid dienone is 1. The van der Waals surface area contributed by atoms with E-state index in [0.717, 1.165) is 18.0 Å². The lowest BCUT2D eigenvalue weighted by Crippen LogP contribution is -2.01. The van der Waals surface area contributed by atoms with Gasteiger partial charge in [-0.15, -0.1) is 0 Å². The zero-order valence-corrected chi connectivity index (χ0v) is 7.29. The SMILES string of the molecule is Cc1cc2c(nc1C)OC=CC2. The first-order valence-electron chi connectivity index (χ1n) is 4.06. The van der Waals surface area contributed by atoms with Crippen LogP contribution >= 0.6 is 0 Å². The smallest absolute Gasteiger partial charge is 0.222 e. The molecule has 1 aromatic heterocycles. The van der Waals surface area contributed by atoms with E-state index in [9.17, 15) is 0 Å². The first-order chi connectivity index (χ1) is 5.77. The molecule has 2 rings (SSSR count). The number of fused-ring (bicyclic) bond motifs is 1. The highest BCUT2D eigenvalue weighted by molar-refractivity contribution is 5.36. The standard InChI is InChI=1S/C10H11NO/c1-7-6-9-4-3-5-12-10(9)11-8(7)2/h3,5-6H,4H2,1-2H3. The summed E-state index contributed by atoms with van der Waals surface area (Å²) in [7, 11) is 0. The maximum Gasteiger partial charge on any atom is 0.222 e. The molecule has 1 aromatic rings. The second-order valence-electron chi connectivity index (χ2n) is 3.05. The maximum atomic E-state index is 5.27. The lowest BCUT2D eigenvalue weighted by atomic mass is 10.1. The second kappa shape index (κ2) is 2.63. The Labute approximate surface area is 71.9 Å². The van der Waals surface area contributed by atoms with Crippen molar-refractivity contribution in [1.29, 1.82) is 0 Å².